The Bertz CT molecular complexity index is 551. The largest absolute Gasteiger partial charge is 0.399 e. The van der Waals surface area contributed by atoms with E-state index in [-0.39, 0.29) is 5.41 Å². The third-order valence-corrected chi connectivity index (χ3v) is 5.15. The summed E-state index contributed by atoms with van der Waals surface area (Å²) in [6.07, 6.45) is 4.15. The molecule has 0 aromatic heterocycles. The van der Waals surface area contributed by atoms with Crippen LogP contribution in [0.2, 0.25) is 0 Å². The minimum Gasteiger partial charge on any atom is -0.399 e. The normalized spacial score (nSPS) is 31.9. The molecular formula is C16H19N. The summed E-state index contributed by atoms with van der Waals surface area (Å²) in [6, 6.07) is 6.53. The van der Waals surface area contributed by atoms with Crippen molar-refractivity contribution in [1.82, 2.24) is 0 Å². The first-order valence-electron chi connectivity index (χ1n) is 6.73. The van der Waals surface area contributed by atoms with Crippen LogP contribution in [0.5, 0.6) is 0 Å². The van der Waals surface area contributed by atoms with Gasteiger partial charge in [0.2, 0.25) is 0 Å². The summed E-state index contributed by atoms with van der Waals surface area (Å²) in [5.74, 6) is 1.87. The lowest BCUT2D eigenvalue weighted by Crippen LogP contribution is -2.18. The number of allylic oxidation sites excluding steroid dienone is 2. The topological polar surface area (TPSA) is 26.0 Å². The Morgan fingerprint density at radius 2 is 2.12 bits per heavy atom. The van der Waals surface area contributed by atoms with Crippen LogP contribution in [-0.4, -0.2) is 0 Å². The first kappa shape index (κ1) is 9.76. The van der Waals surface area contributed by atoms with Gasteiger partial charge in [-0.3, -0.25) is 0 Å². The molecule has 2 atom stereocenters. The van der Waals surface area contributed by atoms with Gasteiger partial charge in [-0.05, 0) is 59.9 Å². The van der Waals surface area contributed by atoms with Gasteiger partial charge >= 0.3 is 0 Å². The van der Waals surface area contributed by atoms with Gasteiger partial charge in [0.25, 0.3) is 0 Å². The molecule has 1 aromatic rings. The van der Waals surface area contributed by atoms with E-state index in [4.69, 9.17) is 5.73 Å². The third-order valence-electron chi connectivity index (χ3n) is 5.15. The van der Waals surface area contributed by atoms with Gasteiger partial charge < -0.3 is 5.73 Å². The zero-order valence-electron chi connectivity index (χ0n) is 10.6. The molecule has 0 saturated heterocycles. The van der Waals surface area contributed by atoms with E-state index >= 15 is 0 Å². The van der Waals surface area contributed by atoms with Crippen LogP contribution in [0.3, 0.4) is 0 Å². The predicted octanol–water partition coefficient (Wildman–Crippen LogP) is 3.74. The van der Waals surface area contributed by atoms with Crippen LogP contribution in [0, 0.1) is 11.8 Å². The molecule has 88 valence electrons. The molecule has 3 aliphatic carbocycles. The van der Waals surface area contributed by atoms with Crippen molar-refractivity contribution in [2.75, 3.05) is 5.73 Å². The summed E-state index contributed by atoms with van der Waals surface area (Å²) in [5, 5.41) is 0. The van der Waals surface area contributed by atoms with Crippen molar-refractivity contribution in [3.05, 3.63) is 34.9 Å². The molecule has 1 saturated carbocycles. The molecule has 0 amide bonds. The average molecular weight is 225 g/mol. The molecule has 1 heteroatoms. The number of rotatable bonds is 0. The number of anilines is 1. The quantitative estimate of drug-likeness (QED) is 0.669. The molecular weight excluding hydrogens is 206 g/mol. The lowest BCUT2D eigenvalue weighted by molar-refractivity contribution is 0.562. The second-order valence-corrected chi connectivity index (χ2v) is 6.46. The van der Waals surface area contributed by atoms with Crippen LogP contribution < -0.4 is 5.73 Å². The molecule has 0 bridgehead atoms. The molecule has 17 heavy (non-hydrogen) atoms. The predicted molar refractivity (Wildman–Crippen MR) is 71.6 cm³/mol. The summed E-state index contributed by atoms with van der Waals surface area (Å²) >= 11 is 0. The van der Waals surface area contributed by atoms with Gasteiger partial charge in [-0.15, -0.1) is 0 Å². The number of nitrogen functional groups attached to an aromatic ring is 1. The van der Waals surface area contributed by atoms with Crippen molar-refractivity contribution in [2.45, 2.75) is 38.5 Å². The van der Waals surface area contributed by atoms with Crippen LogP contribution in [0.25, 0.3) is 5.57 Å². The van der Waals surface area contributed by atoms with E-state index in [2.05, 4.69) is 32.0 Å². The highest BCUT2D eigenvalue weighted by molar-refractivity contribution is 5.84. The minimum absolute atomic E-state index is 0.216. The molecule has 2 unspecified atom stereocenters. The highest BCUT2D eigenvalue weighted by Crippen LogP contribution is 2.63. The highest BCUT2D eigenvalue weighted by Gasteiger charge is 2.50. The Kier molecular flexibility index (Phi) is 1.59. The van der Waals surface area contributed by atoms with E-state index in [0.29, 0.717) is 0 Å². The second kappa shape index (κ2) is 2.77. The first-order chi connectivity index (χ1) is 8.09. The molecule has 1 fully saturated rings. The van der Waals surface area contributed by atoms with Gasteiger partial charge in [-0.2, -0.15) is 0 Å². The minimum atomic E-state index is 0.216. The van der Waals surface area contributed by atoms with Crippen molar-refractivity contribution >= 4 is 11.3 Å². The van der Waals surface area contributed by atoms with Crippen molar-refractivity contribution in [1.29, 1.82) is 0 Å². The van der Waals surface area contributed by atoms with Crippen molar-refractivity contribution < 1.29 is 0 Å². The highest BCUT2D eigenvalue weighted by atomic mass is 14.6. The van der Waals surface area contributed by atoms with Gasteiger partial charge in [0, 0.05) is 11.1 Å². The molecule has 4 rings (SSSR count). The lowest BCUT2D eigenvalue weighted by atomic mass is 9.77. The van der Waals surface area contributed by atoms with Crippen LogP contribution in [0.1, 0.15) is 44.2 Å². The van der Waals surface area contributed by atoms with E-state index in [9.17, 15) is 0 Å². The summed E-state index contributed by atoms with van der Waals surface area (Å²) < 4.78 is 0. The Labute approximate surface area is 103 Å². The molecule has 3 aliphatic rings. The van der Waals surface area contributed by atoms with Crippen LogP contribution >= 0.6 is 0 Å². The second-order valence-electron chi connectivity index (χ2n) is 6.46. The van der Waals surface area contributed by atoms with E-state index in [1.54, 1.807) is 11.1 Å². The van der Waals surface area contributed by atoms with Crippen molar-refractivity contribution in [3.8, 4) is 0 Å². The zero-order valence-corrected chi connectivity index (χ0v) is 10.6. The van der Waals surface area contributed by atoms with Gasteiger partial charge in [-0.1, -0.05) is 25.5 Å². The maximum Gasteiger partial charge on any atom is 0.0317 e. The Morgan fingerprint density at radius 1 is 1.29 bits per heavy atom. The maximum absolute atomic E-state index is 5.97. The van der Waals surface area contributed by atoms with Gasteiger partial charge in [-0.25, -0.2) is 0 Å². The first-order valence-corrected chi connectivity index (χ1v) is 6.73. The summed E-state index contributed by atoms with van der Waals surface area (Å²) in [5.41, 5.74) is 13.5. The Morgan fingerprint density at radius 3 is 2.94 bits per heavy atom. The molecule has 1 aromatic carbocycles. The smallest absolute Gasteiger partial charge is 0.0317 e. The summed E-state index contributed by atoms with van der Waals surface area (Å²) in [7, 11) is 0. The third kappa shape index (κ3) is 1.10. The summed E-state index contributed by atoms with van der Waals surface area (Å²) in [4.78, 5) is 0. The average Bonchev–Trinajstić information content (AvgIpc) is 3.03. The molecule has 0 heterocycles. The lowest BCUT2D eigenvalue weighted by Gasteiger charge is -2.26. The number of nitrogens with two attached hydrogens (primary N) is 1. The van der Waals surface area contributed by atoms with Crippen molar-refractivity contribution in [2.24, 2.45) is 11.8 Å². The Balaban J connectivity index is 1.98. The van der Waals surface area contributed by atoms with E-state index in [1.807, 2.05) is 0 Å². The standard InChI is InChI=1S/C16H19N/c1-16(2)13-6-3-9-7-12(9)15(13)11-5-4-10(17)8-14(11)16/h4-5,8-9,12H,3,6-7,17H2,1-2H3. The SMILES string of the molecule is CC1(C)C2=C(c3ccc(N)cc31)C1CC1CC2. The van der Waals surface area contributed by atoms with Crippen LogP contribution in [0.15, 0.2) is 23.8 Å². The zero-order chi connectivity index (χ0) is 11.8. The number of fused-ring (bicyclic) bond motifs is 4. The number of hydrogen-bond donors (Lipinski definition) is 1. The van der Waals surface area contributed by atoms with Gasteiger partial charge in [0.1, 0.15) is 0 Å². The maximum atomic E-state index is 5.97. The summed E-state index contributed by atoms with van der Waals surface area (Å²) in [6.45, 7) is 4.74. The molecule has 0 aliphatic heterocycles. The molecule has 2 N–H and O–H groups in total. The van der Waals surface area contributed by atoms with Crippen LogP contribution in [-0.2, 0) is 5.41 Å². The number of hydrogen-bond acceptors (Lipinski definition) is 1. The molecule has 0 radical (unpaired) electrons. The van der Waals surface area contributed by atoms with Gasteiger partial charge in [0.15, 0.2) is 0 Å². The van der Waals surface area contributed by atoms with E-state index < -0.39 is 0 Å². The molecule has 0 spiro atoms. The van der Waals surface area contributed by atoms with E-state index in [1.165, 1.54) is 30.4 Å². The molecule has 1 nitrogen and oxygen atoms in total. The monoisotopic (exact) mass is 225 g/mol. The van der Waals surface area contributed by atoms with Crippen molar-refractivity contribution in [3.63, 3.8) is 0 Å². The van der Waals surface area contributed by atoms with Crippen LogP contribution in [0.4, 0.5) is 5.69 Å². The fourth-order valence-electron chi connectivity index (χ4n) is 4.10. The fourth-order valence-corrected chi connectivity index (χ4v) is 4.10. The number of benzene rings is 1. The fraction of sp³-hybridized carbons (Fsp3) is 0.500. The Hall–Kier alpha value is -1.24. The van der Waals surface area contributed by atoms with E-state index in [0.717, 1.165) is 17.5 Å². The van der Waals surface area contributed by atoms with Gasteiger partial charge in [0.05, 0.1) is 0 Å².